The smallest absolute Gasteiger partial charge is 0.137 e. The molecule has 0 aromatic carbocycles. The normalized spacial score (nSPS) is 20.6. The van der Waals surface area contributed by atoms with Crippen LogP contribution in [0, 0.1) is 6.92 Å². The molecule has 1 aromatic heterocycles. The Hall–Kier alpha value is -1.36. The summed E-state index contributed by atoms with van der Waals surface area (Å²) in [6.45, 7) is 9.61. The molecule has 1 saturated carbocycles. The molecule has 19 heavy (non-hydrogen) atoms. The van der Waals surface area contributed by atoms with Gasteiger partial charge < -0.3 is 10.2 Å². The van der Waals surface area contributed by atoms with Gasteiger partial charge in [-0.2, -0.15) is 0 Å². The predicted molar refractivity (Wildman–Crippen MR) is 77.7 cm³/mol. The fourth-order valence-corrected chi connectivity index (χ4v) is 2.84. The molecule has 0 bridgehead atoms. The van der Waals surface area contributed by atoms with Crippen molar-refractivity contribution in [3.8, 4) is 0 Å². The van der Waals surface area contributed by atoms with E-state index in [4.69, 9.17) is 0 Å². The van der Waals surface area contributed by atoms with Crippen molar-refractivity contribution < 1.29 is 0 Å². The Morgan fingerprint density at radius 3 is 2.58 bits per heavy atom. The van der Waals surface area contributed by atoms with Crippen molar-refractivity contribution >= 4 is 11.6 Å². The van der Waals surface area contributed by atoms with Gasteiger partial charge >= 0.3 is 0 Å². The highest BCUT2D eigenvalue weighted by Gasteiger charge is 2.31. The number of aromatic nitrogens is 2. The van der Waals surface area contributed by atoms with Gasteiger partial charge in [0.1, 0.15) is 18.0 Å². The second kappa shape index (κ2) is 5.33. The van der Waals surface area contributed by atoms with Crippen molar-refractivity contribution in [2.24, 2.45) is 0 Å². The summed E-state index contributed by atoms with van der Waals surface area (Å²) >= 11 is 0. The highest BCUT2D eigenvalue weighted by Crippen LogP contribution is 2.29. The van der Waals surface area contributed by atoms with E-state index >= 15 is 0 Å². The second-order valence-corrected chi connectivity index (χ2v) is 5.46. The molecule has 5 nitrogen and oxygen atoms in total. The lowest BCUT2D eigenvalue weighted by atomic mass is 10.2. The van der Waals surface area contributed by atoms with Gasteiger partial charge in [-0.1, -0.05) is 0 Å². The molecule has 2 aliphatic rings. The molecule has 1 aromatic rings. The lowest BCUT2D eigenvalue weighted by Gasteiger charge is -2.36. The Balaban J connectivity index is 1.70. The van der Waals surface area contributed by atoms with Crippen molar-refractivity contribution in [1.82, 2.24) is 14.9 Å². The quantitative estimate of drug-likeness (QED) is 0.890. The molecule has 2 heterocycles. The van der Waals surface area contributed by atoms with Crippen molar-refractivity contribution in [2.45, 2.75) is 32.7 Å². The molecule has 0 spiro atoms. The largest absolute Gasteiger partial charge is 0.370 e. The molecular weight excluding hydrogens is 238 g/mol. The van der Waals surface area contributed by atoms with Gasteiger partial charge in [-0.3, -0.25) is 4.90 Å². The highest BCUT2D eigenvalue weighted by atomic mass is 15.3. The molecule has 0 atom stereocenters. The van der Waals surface area contributed by atoms with Crippen molar-refractivity contribution in [3.05, 3.63) is 11.9 Å². The molecule has 1 N–H and O–H groups in total. The minimum Gasteiger partial charge on any atom is -0.370 e. The molecule has 2 fully saturated rings. The minimum atomic E-state index is 0.881. The third kappa shape index (κ3) is 2.66. The van der Waals surface area contributed by atoms with Crippen LogP contribution in [0.15, 0.2) is 6.33 Å². The fourth-order valence-electron chi connectivity index (χ4n) is 2.84. The molecule has 0 unspecified atom stereocenters. The first-order valence-corrected chi connectivity index (χ1v) is 7.34. The van der Waals surface area contributed by atoms with E-state index in [1.165, 1.54) is 31.5 Å². The third-order valence-corrected chi connectivity index (χ3v) is 4.08. The van der Waals surface area contributed by atoms with Gasteiger partial charge in [0.2, 0.25) is 0 Å². The molecule has 5 heteroatoms. The number of anilines is 2. The predicted octanol–water partition coefficient (Wildman–Crippen LogP) is 1.50. The van der Waals surface area contributed by atoms with E-state index in [2.05, 4.69) is 38.9 Å². The average molecular weight is 261 g/mol. The zero-order valence-electron chi connectivity index (χ0n) is 11.9. The summed E-state index contributed by atoms with van der Waals surface area (Å²) in [5.74, 6) is 2.07. The zero-order valence-corrected chi connectivity index (χ0v) is 11.9. The van der Waals surface area contributed by atoms with Crippen LogP contribution in [0.2, 0.25) is 0 Å². The second-order valence-electron chi connectivity index (χ2n) is 5.46. The van der Waals surface area contributed by atoms with Crippen molar-refractivity contribution in [1.29, 1.82) is 0 Å². The average Bonchev–Trinajstić information content (AvgIpc) is 3.26. The number of nitrogens with zero attached hydrogens (tertiary/aromatic N) is 4. The van der Waals surface area contributed by atoms with Crippen molar-refractivity contribution in [2.75, 3.05) is 42.9 Å². The van der Waals surface area contributed by atoms with Gasteiger partial charge in [0, 0.05) is 44.3 Å². The summed E-state index contributed by atoms with van der Waals surface area (Å²) in [6.07, 6.45) is 4.47. The van der Waals surface area contributed by atoms with Crippen molar-refractivity contribution in [3.63, 3.8) is 0 Å². The standard InChI is InChI=1S/C14H23N5/c1-3-15-13-11(2)14(17-10-16-13)19-8-6-18(7-9-19)12-4-5-12/h10,12H,3-9H2,1-2H3,(H,15,16,17). The van der Waals surface area contributed by atoms with E-state index in [1.54, 1.807) is 6.33 Å². The van der Waals surface area contributed by atoms with Crippen LogP contribution in [-0.4, -0.2) is 53.6 Å². The first-order chi connectivity index (χ1) is 9.29. The number of hydrogen-bond donors (Lipinski definition) is 1. The van der Waals surface area contributed by atoms with Crippen LogP contribution in [-0.2, 0) is 0 Å². The molecule has 3 rings (SSSR count). The van der Waals surface area contributed by atoms with E-state index in [0.29, 0.717) is 0 Å². The molecule has 1 aliphatic heterocycles. The molecule has 0 radical (unpaired) electrons. The van der Waals surface area contributed by atoms with Gasteiger partial charge in [-0.05, 0) is 26.7 Å². The van der Waals surface area contributed by atoms with Gasteiger partial charge in [0.25, 0.3) is 0 Å². The topological polar surface area (TPSA) is 44.3 Å². The number of piperazine rings is 1. The number of nitrogens with one attached hydrogen (secondary N) is 1. The van der Waals surface area contributed by atoms with Gasteiger partial charge in [0.05, 0.1) is 0 Å². The summed E-state index contributed by atoms with van der Waals surface area (Å²) in [7, 11) is 0. The van der Waals surface area contributed by atoms with E-state index in [9.17, 15) is 0 Å². The Bertz CT molecular complexity index is 435. The fraction of sp³-hybridized carbons (Fsp3) is 0.714. The molecule has 1 saturated heterocycles. The SMILES string of the molecule is CCNc1ncnc(N2CCN(C3CC3)CC2)c1C. The summed E-state index contributed by atoms with van der Waals surface area (Å²) in [4.78, 5) is 13.8. The maximum absolute atomic E-state index is 4.49. The Morgan fingerprint density at radius 1 is 1.21 bits per heavy atom. The van der Waals surface area contributed by atoms with Crippen LogP contribution >= 0.6 is 0 Å². The summed E-state index contributed by atoms with van der Waals surface area (Å²) < 4.78 is 0. The van der Waals surface area contributed by atoms with Crippen LogP contribution in [0.1, 0.15) is 25.3 Å². The van der Waals surface area contributed by atoms with E-state index in [0.717, 1.165) is 37.3 Å². The first kappa shape index (κ1) is 12.7. The minimum absolute atomic E-state index is 0.881. The Kier molecular flexibility index (Phi) is 3.55. The third-order valence-electron chi connectivity index (χ3n) is 4.08. The molecule has 104 valence electrons. The lowest BCUT2D eigenvalue weighted by molar-refractivity contribution is 0.247. The molecular formula is C14H23N5. The summed E-state index contributed by atoms with van der Waals surface area (Å²) in [5, 5.41) is 3.30. The van der Waals surface area contributed by atoms with Crippen LogP contribution in [0.5, 0.6) is 0 Å². The maximum atomic E-state index is 4.49. The number of rotatable bonds is 4. The lowest BCUT2D eigenvalue weighted by Crippen LogP contribution is -2.47. The highest BCUT2D eigenvalue weighted by molar-refractivity contribution is 5.58. The van der Waals surface area contributed by atoms with Crippen LogP contribution in [0.3, 0.4) is 0 Å². The molecule has 0 amide bonds. The van der Waals surface area contributed by atoms with E-state index < -0.39 is 0 Å². The first-order valence-electron chi connectivity index (χ1n) is 7.34. The summed E-state index contributed by atoms with van der Waals surface area (Å²) in [5.41, 5.74) is 1.17. The van der Waals surface area contributed by atoms with Gasteiger partial charge in [0.15, 0.2) is 0 Å². The Labute approximate surface area is 115 Å². The van der Waals surface area contributed by atoms with E-state index in [1.807, 2.05) is 0 Å². The van der Waals surface area contributed by atoms with Crippen LogP contribution in [0.4, 0.5) is 11.6 Å². The molecule has 1 aliphatic carbocycles. The maximum Gasteiger partial charge on any atom is 0.137 e. The number of hydrogen-bond acceptors (Lipinski definition) is 5. The van der Waals surface area contributed by atoms with Gasteiger partial charge in [-0.25, -0.2) is 9.97 Å². The Morgan fingerprint density at radius 2 is 1.95 bits per heavy atom. The monoisotopic (exact) mass is 261 g/mol. The zero-order chi connectivity index (χ0) is 13.2. The van der Waals surface area contributed by atoms with Gasteiger partial charge in [-0.15, -0.1) is 0 Å². The van der Waals surface area contributed by atoms with Crippen LogP contribution in [0.25, 0.3) is 0 Å². The summed E-state index contributed by atoms with van der Waals surface area (Å²) in [6, 6.07) is 0.881. The van der Waals surface area contributed by atoms with Crippen LogP contribution < -0.4 is 10.2 Å². The van der Waals surface area contributed by atoms with E-state index in [-0.39, 0.29) is 0 Å².